The first kappa shape index (κ1) is 28.0. The number of hydrogen-bond acceptors (Lipinski definition) is 10. The van der Waals surface area contributed by atoms with Crippen LogP contribution in [0.3, 0.4) is 0 Å². The lowest BCUT2D eigenvalue weighted by atomic mass is 10.2. The van der Waals surface area contributed by atoms with Crippen molar-refractivity contribution in [3.63, 3.8) is 0 Å². The van der Waals surface area contributed by atoms with Crippen molar-refractivity contribution in [3.8, 4) is 5.69 Å². The molecule has 2 fully saturated rings. The summed E-state index contributed by atoms with van der Waals surface area (Å²) >= 11 is 0. The topological polar surface area (TPSA) is 131 Å². The lowest BCUT2D eigenvalue weighted by molar-refractivity contribution is -0.192. The molecule has 2 saturated heterocycles. The van der Waals surface area contributed by atoms with Crippen LogP contribution >= 0.6 is 0 Å². The van der Waals surface area contributed by atoms with Gasteiger partial charge in [-0.25, -0.2) is 19.4 Å². The molecule has 6 rings (SSSR count). The van der Waals surface area contributed by atoms with Crippen molar-refractivity contribution in [1.82, 2.24) is 24.7 Å². The molecule has 2 aromatic heterocycles. The number of morpholine rings is 2. The first-order valence-corrected chi connectivity index (χ1v) is 12.8. The van der Waals surface area contributed by atoms with Gasteiger partial charge in [0.15, 0.2) is 0 Å². The fourth-order valence-electron chi connectivity index (χ4n) is 4.20. The number of rotatable bonds is 5. The summed E-state index contributed by atoms with van der Waals surface area (Å²) in [5.41, 5.74) is 3.92. The van der Waals surface area contributed by atoms with Crippen molar-refractivity contribution < 1.29 is 32.5 Å². The van der Waals surface area contributed by atoms with Crippen molar-refractivity contribution in [1.29, 1.82) is 0 Å². The standard InChI is InChI=1S/C24H26N8O2.C2HF3O2/c1-4-21(30-7-11-33-12-8-30)15-22-18(1)16-25-23(28-22)27-19-2-5-20(6-3-19)32-17-26-24(29-32)31-9-13-34-14-10-31;3-2(4,5)1(6)7/h1-6,15-17H,7-14H2,(H,25,27,28);(H,6,7). The van der Waals surface area contributed by atoms with E-state index in [-0.39, 0.29) is 0 Å². The molecule has 0 unspecified atom stereocenters. The van der Waals surface area contributed by atoms with E-state index in [1.165, 1.54) is 0 Å². The number of aromatic nitrogens is 5. The van der Waals surface area contributed by atoms with E-state index in [9.17, 15) is 13.2 Å². The highest BCUT2D eigenvalue weighted by Crippen LogP contribution is 2.24. The summed E-state index contributed by atoms with van der Waals surface area (Å²) in [6.45, 7) is 6.35. The molecule has 2 aliphatic heterocycles. The second-order valence-electron chi connectivity index (χ2n) is 9.10. The highest BCUT2D eigenvalue weighted by Gasteiger charge is 2.38. The molecule has 0 aliphatic carbocycles. The Hall–Kier alpha value is -4.50. The Labute approximate surface area is 232 Å². The van der Waals surface area contributed by atoms with Crippen LogP contribution < -0.4 is 15.1 Å². The van der Waals surface area contributed by atoms with E-state index in [2.05, 4.69) is 48.4 Å². The van der Waals surface area contributed by atoms with Gasteiger partial charge in [-0.1, -0.05) is 0 Å². The third-order valence-corrected chi connectivity index (χ3v) is 6.35. The summed E-state index contributed by atoms with van der Waals surface area (Å²) in [5.74, 6) is -1.46. The van der Waals surface area contributed by atoms with Crippen molar-refractivity contribution in [2.45, 2.75) is 6.18 Å². The van der Waals surface area contributed by atoms with Gasteiger partial charge in [0.05, 0.1) is 37.6 Å². The van der Waals surface area contributed by atoms with Crippen LogP contribution in [0.15, 0.2) is 55.0 Å². The molecule has 0 radical (unpaired) electrons. The predicted molar refractivity (Wildman–Crippen MR) is 144 cm³/mol. The maximum absolute atomic E-state index is 10.6. The van der Waals surface area contributed by atoms with Gasteiger partial charge in [0, 0.05) is 49.1 Å². The summed E-state index contributed by atoms with van der Waals surface area (Å²) in [4.78, 5) is 27.0. The second-order valence-corrected chi connectivity index (χ2v) is 9.10. The lowest BCUT2D eigenvalue weighted by Crippen LogP contribution is -2.37. The fraction of sp³-hybridized carbons (Fsp3) is 0.346. The number of fused-ring (bicyclic) bond motifs is 1. The number of carboxylic acids is 1. The van der Waals surface area contributed by atoms with Crippen molar-refractivity contribution in [2.75, 3.05) is 67.7 Å². The monoisotopic (exact) mass is 572 g/mol. The number of benzene rings is 2. The van der Waals surface area contributed by atoms with Crippen LogP contribution in [0, 0.1) is 0 Å². The Bertz CT molecular complexity index is 1470. The molecule has 0 bridgehead atoms. The number of hydrogen-bond donors (Lipinski definition) is 2. The minimum absolute atomic E-state index is 0.565. The zero-order valence-corrected chi connectivity index (χ0v) is 21.8. The van der Waals surface area contributed by atoms with Crippen LogP contribution in [0.25, 0.3) is 16.6 Å². The number of carbonyl (C=O) groups is 1. The van der Waals surface area contributed by atoms with Crippen LogP contribution in [0.1, 0.15) is 0 Å². The first-order chi connectivity index (χ1) is 19.8. The van der Waals surface area contributed by atoms with E-state index in [1.54, 1.807) is 11.0 Å². The number of halogens is 3. The first-order valence-electron chi connectivity index (χ1n) is 12.8. The van der Waals surface area contributed by atoms with Crippen molar-refractivity contribution in [2.24, 2.45) is 0 Å². The molecule has 2 N–H and O–H groups in total. The smallest absolute Gasteiger partial charge is 0.475 e. The average molecular weight is 573 g/mol. The van der Waals surface area contributed by atoms with E-state index in [1.807, 2.05) is 30.5 Å². The largest absolute Gasteiger partial charge is 0.490 e. The van der Waals surface area contributed by atoms with Gasteiger partial charge in [0.2, 0.25) is 11.9 Å². The van der Waals surface area contributed by atoms with Gasteiger partial charge in [-0.15, -0.1) is 5.10 Å². The molecule has 0 spiro atoms. The normalized spacial score (nSPS) is 15.8. The summed E-state index contributed by atoms with van der Waals surface area (Å²) < 4.78 is 44.4. The Morgan fingerprint density at radius 1 is 0.878 bits per heavy atom. The number of nitrogens with one attached hydrogen (secondary N) is 1. The molecular formula is C26H27F3N8O4. The van der Waals surface area contributed by atoms with Crippen LogP contribution in [0.2, 0.25) is 0 Å². The van der Waals surface area contributed by atoms with E-state index >= 15 is 0 Å². The molecule has 0 atom stereocenters. The molecule has 4 heterocycles. The molecule has 0 amide bonds. The van der Waals surface area contributed by atoms with Gasteiger partial charge in [-0.05, 0) is 42.5 Å². The van der Waals surface area contributed by atoms with Crippen LogP contribution in [-0.2, 0) is 14.3 Å². The Kier molecular flexibility index (Phi) is 8.45. The van der Waals surface area contributed by atoms with E-state index in [4.69, 9.17) is 24.4 Å². The van der Waals surface area contributed by atoms with E-state index in [0.29, 0.717) is 19.2 Å². The maximum atomic E-state index is 10.6. The van der Waals surface area contributed by atoms with Gasteiger partial charge in [0.25, 0.3) is 0 Å². The minimum Gasteiger partial charge on any atom is -0.475 e. The van der Waals surface area contributed by atoms with Crippen LogP contribution in [-0.4, -0.2) is 94.6 Å². The lowest BCUT2D eigenvalue weighted by Gasteiger charge is -2.28. The predicted octanol–water partition coefficient (Wildman–Crippen LogP) is 3.26. The molecule has 15 heteroatoms. The number of aliphatic carboxylic acids is 1. The fourth-order valence-corrected chi connectivity index (χ4v) is 4.20. The maximum Gasteiger partial charge on any atom is 0.490 e. The highest BCUT2D eigenvalue weighted by atomic mass is 19.4. The summed E-state index contributed by atoms with van der Waals surface area (Å²) in [6, 6.07) is 14.3. The van der Waals surface area contributed by atoms with Crippen LogP contribution in [0.5, 0.6) is 0 Å². The van der Waals surface area contributed by atoms with Gasteiger partial charge in [-0.2, -0.15) is 18.2 Å². The van der Waals surface area contributed by atoms with E-state index in [0.717, 1.165) is 73.3 Å². The second kappa shape index (κ2) is 12.3. The van der Waals surface area contributed by atoms with Crippen molar-refractivity contribution in [3.05, 3.63) is 55.0 Å². The Morgan fingerprint density at radius 2 is 1.49 bits per heavy atom. The summed E-state index contributed by atoms with van der Waals surface area (Å²) in [6.07, 6.45) is -1.49. The molecular weight excluding hydrogens is 545 g/mol. The number of nitrogens with zero attached hydrogens (tertiary/aromatic N) is 7. The average Bonchev–Trinajstić information content (AvgIpc) is 3.49. The van der Waals surface area contributed by atoms with Gasteiger partial charge in [-0.3, -0.25) is 0 Å². The number of anilines is 4. The minimum atomic E-state index is -5.08. The highest BCUT2D eigenvalue weighted by molar-refractivity contribution is 5.83. The van der Waals surface area contributed by atoms with Gasteiger partial charge < -0.3 is 29.7 Å². The molecule has 2 aromatic carbocycles. The summed E-state index contributed by atoms with van der Waals surface area (Å²) in [7, 11) is 0. The molecule has 41 heavy (non-hydrogen) atoms. The molecule has 12 nitrogen and oxygen atoms in total. The molecule has 216 valence electrons. The van der Waals surface area contributed by atoms with Gasteiger partial charge in [0.1, 0.15) is 6.33 Å². The third kappa shape index (κ3) is 7.18. The SMILES string of the molecule is O=C(O)C(F)(F)F.c1cc(-n2cnc(N3CCOCC3)n2)ccc1Nc1ncc2ccc(N3CCOCC3)cc2n1. The number of alkyl halides is 3. The van der Waals surface area contributed by atoms with E-state index < -0.39 is 12.1 Å². The number of carboxylic acid groups (broad SMARTS) is 1. The molecule has 4 aromatic rings. The Morgan fingerprint density at radius 3 is 2.12 bits per heavy atom. The zero-order valence-electron chi connectivity index (χ0n) is 21.8. The zero-order chi connectivity index (χ0) is 28.8. The summed E-state index contributed by atoms with van der Waals surface area (Å²) in [5, 5.41) is 16.1. The Balaban J connectivity index is 0.000000431. The molecule has 0 saturated carbocycles. The molecule has 2 aliphatic rings. The van der Waals surface area contributed by atoms with Gasteiger partial charge >= 0.3 is 12.1 Å². The van der Waals surface area contributed by atoms with Crippen molar-refractivity contribution >= 4 is 40.1 Å². The quantitative estimate of drug-likeness (QED) is 0.365. The van der Waals surface area contributed by atoms with Crippen LogP contribution in [0.4, 0.5) is 36.4 Å². The third-order valence-electron chi connectivity index (χ3n) is 6.35. The number of ether oxygens (including phenoxy) is 2.